The Kier molecular flexibility index (Phi) is 3.30. The first-order valence-electron chi connectivity index (χ1n) is 6.32. The van der Waals surface area contributed by atoms with Gasteiger partial charge in [0.25, 0.3) is 0 Å². The van der Waals surface area contributed by atoms with E-state index in [0.29, 0.717) is 11.5 Å². The highest BCUT2D eigenvalue weighted by atomic mass is 32.1. The van der Waals surface area contributed by atoms with Crippen molar-refractivity contribution in [2.75, 3.05) is 18.0 Å². The molecule has 0 radical (unpaired) electrons. The zero-order chi connectivity index (χ0) is 12.6. The fraction of sp³-hybridized carbons (Fsp3) is 0.833. The summed E-state index contributed by atoms with van der Waals surface area (Å²) in [5, 5.41) is 7.29. The van der Waals surface area contributed by atoms with Crippen LogP contribution in [0.15, 0.2) is 0 Å². The topological polar surface area (TPSA) is 36.9 Å². The predicted molar refractivity (Wildman–Crippen MR) is 73.0 cm³/mol. The van der Waals surface area contributed by atoms with Gasteiger partial charge in [0.15, 0.2) is 4.77 Å². The van der Waals surface area contributed by atoms with Gasteiger partial charge in [0.1, 0.15) is 0 Å². The molecule has 1 fully saturated rings. The highest BCUT2D eigenvalue weighted by Crippen LogP contribution is 2.32. The monoisotopic (exact) mass is 254 g/mol. The SMILES string of the molecule is CC(C)n1c(N2CCC(C)(C)CC2)n[nH]c1=S. The van der Waals surface area contributed by atoms with Crippen LogP contribution in [0.2, 0.25) is 0 Å². The highest BCUT2D eigenvalue weighted by molar-refractivity contribution is 7.71. The standard InChI is InChI=1S/C12H22N4S/c1-9(2)16-10(13-14-11(16)17)15-7-5-12(3,4)6-8-15/h9H,5-8H2,1-4H3,(H,14,17). The third-order valence-electron chi connectivity index (χ3n) is 3.60. The maximum absolute atomic E-state index is 5.28. The summed E-state index contributed by atoms with van der Waals surface area (Å²) in [6.45, 7) is 11.1. The number of aromatic amines is 1. The number of hydrogen-bond donors (Lipinski definition) is 1. The molecule has 4 nitrogen and oxygen atoms in total. The lowest BCUT2D eigenvalue weighted by Gasteiger charge is -2.37. The van der Waals surface area contributed by atoms with Crippen molar-refractivity contribution in [3.63, 3.8) is 0 Å². The van der Waals surface area contributed by atoms with Gasteiger partial charge < -0.3 is 4.90 Å². The summed E-state index contributed by atoms with van der Waals surface area (Å²) in [4.78, 5) is 2.34. The van der Waals surface area contributed by atoms with E-state index in [1.54, 1.807) is 0 Å². The fourth-order valence-electron chi connectivity index (χ4n) is 2.30. The van der Waals surface area contributed by atoms with Crippen LogP contribution in [0, 0.1) is 10.2 Å². The van der Waals surface area contributed by atoms with Crippen molar-refractivity contribution < 1.29 is 0 Å². The van der Waals surface area contributed by atoms with Crippen LogP contribution >= 0.6 is 12.2 Å². The molecule has 0 amide bonds. The van der Waals surface area contributed by atoms with Gasteiger partial charge >= 0.3 is 0 Å². The molecule has 1 aromatic rings. The zero-order valence-electron chi connectivity index (χ0n) is 11.2. The van der Waals surface area contributed by atoms with E-state index in [4.69, 9.17) is 12.2 Å². The van der Waals surface area contributed by atoms with Gasteiger partial charge in [0.2, 0.25) is 5.95 Å². The average Bonchev–Trinajstić information content (AvgIpc) is 2.60. The number of H-pyrrole nitrogens is 1. The first-order valence-corrected chi connectivity index (χ1v) is 6.73. The Morgan fingerprint density at radius 3 is 2.41 bits per heavy atom. The zero-order valence-corrected chi connectivity index (χ0v) is 12.0. The molecule has 5 heteroatoms. The number of aromatic nitrogens is 3. The molecule has 17 heavy (non-hydrogen) atoms. The van der Waals surface area contributed by atoms with Crippen LogP contribution in [0.5, 0.6) is 0 Å². The Bertz CT molecular complexity index is 434. The summed E-state index contributed by atoms with van der Waals surface area (Å²) in [5.74, 6) is 1.00. The van der Waals surface area contributed by atoms with E-state index in [1.165, 1.54) is 12.8 Å². The summed E-state index contributed by atoms with van der Waals surface area (Å²) in [6.07, 6.45) is 2.43. The molecule has 0 aliphatic carbocycles. The van der Waals surface area contributed by atoms with Gasteiger partial charge in [-0.05, 0) is 44.3 Å². The van der Waals surface area contributed by atoms with Gasteiger partial charge in [-0.3, -0.25) is 4.57 Å². The van der Waals surface area contributed by atoms with Crippen LogP contribution < -0.4 is 4.90 Å². The molecule has 1 aliphatic rings. The molecule has 0 atom stereocenters. The molecule has 0 bridgehead atoms. The van der Waals surface area contributed by atoms with Crippen molar-refractivity contribution in [2.24, 2.45) is 5.41 Å². The van der Waals surface area contributed by atoms with E-state index < -0.39 is 0 Å². The van der Waals surface area contributed by atoms with Gasteiger partial charge in [-0.1, -0.05) is 13.8 Å². The number of nitrogens with zero attached hydrogens (tertiary/aromatic N) is 3. The molecule has 0 unspecified atom stereocenters. The molecule has 1 N–H and O–H groups in total. The first kappa shape index (κ1) is 12.6. The van der Waals surface area contributed by atoms with Crippen LogP contribution in [0.4, 0.5) is 5.95 Å². The minimum absolute atomic E-state index is 0.353. The summed E-state index contributed by atoms with van der Waals surface area (Å²) >= 11 is 5.28. The molecule has 1 aromatic heterocycles. The third-order valence-corrected chi connectivity index (χ3v) is 3.89. The number of nitrogens with one attached hydrogen (secondary N) is 1. The van der Waals surface area contributed by atoms with E-state index in [1.807, 2.05) is 0 Å². The van der Waals surface area contributed by atoms with E-state index in [-0.39, 0.29) is 0 Å². The summed E-state index contributed by atoms with van der Waals surface area (Å²) in [6, 6.07) is 0.353. The average molecular weight is 254 g/mol. The predicted octanol–water partition coefficient (Wildman–Crippen LogP) is 3.15. The van der Waals surface area contributed by atoms with Crippen molar-refractivity contribution in [3.05, 3.63) is 4.77 Å². The smallest absolute Gasteiger partial charge is 0.225 e. The van der Waals surface area contributed by atoms with Crippen molar-refractivity contribution in [3.8, 4) is 0 Å². The Morgan fingerprint density at radius 1 is 1.29 bits per heavy atom. The molecule has 1 aliphatic heterocycles. The normalized spacial score (nSPS) is 19.9. The number of hydrogen-bond acceptors (Lipinski definition) is 3. The molecule has 2 rings (SSSR count). The second-order valence-corrected chi connectivity index (χ2v) is 6.33. The van der Waals surface area contributed by atoms with E-state index in [0.717, 1.165) is 23.8 Å². The van der Waals surface area contributed by atoms with Gasteiger partial charge in [-0.15, -0.1) is 5.10 Å². The molecule has 2 heterocycles. The molecule has 0 spiro atoms. The molecule has 96 valence electrons. The number of anilines is 1. The van der Waals surface area contributed by atoms with Gasteiger partial charge in [0, 0.05) is 19.1 Å². The summed E-state index contributed by atoms with van der Waals surface area (Å²) in [7, 11) is 0. The largest absolute Gasteiger partial charge is 0.341 e. The quantitative estimate of drug-likeness (QED) is 0.824. The minimum atomic E-state index is 0.353. The van der Waals surface area contributed by atoms with E-state index >= 15 is 0 Å². The van der Waals surface area contributed by atoms with E-state index in [2.05, 4.69) is 47.4 Å². The summed E-state index contributed by atoms with van der Waals surface area (Å²) < 4.78 is 2.83. The fourth-order valence-corrected chi connectivity index (χ4v) is 2.64. The molecule has 0 saturated carbocycles. The number of piperidine rings is 1. The van der Waals surface area contributed by atoms with Crippen LogP contribution in [0.1, 0.15) is 46.6 Å². The van der Waals surface area contributed by atoms with Gasteiger partial charge in [-0.2, -0.15) is 0 Å². The number of rotatable bonds is 2. The van der Waals surface area contributed by atoms with Crippen molar-refractivity contribution in [2.45, 2.75) is 46.6 Å². The molecule has 0 aromatic carbocycles. The Hall–Kier alpha value is -0.840. The second-order valence-electron chi connectivity index (χ2n) is 5.94. The van der Waals surface area contributed by atoms with Crippen molar-refractivity contribution in [1.29, 1.82) is 0 Å². The lowest BCUT2D eigenvalue weighted by Crippen LogP contribution is -2.39. The maximum Gasteiger partial charge on any atom is 0.225 e. The van der Waals surface area contributed by atoms with Crippen LogP contribution in [-0.4, -0.2) is 27.9 Å². The van der Waals surface area contributed by atoms with Gasteiger partial charge in [0.05, 0.1) is 0 Å². The molecular weight excluding hydrogens is 232 g/mol. The highest BCUT2D eigenvalue weighted by Gasteiger charge is 2.27. The third kappa shape index (κ3) is 2.54. The van der Waals surface area contributed by atoms with E-state index in [9.17, 15) is 0 Å². The van der Waals surface area contributed by atoms with Crippen LogP contribution in [0.3, 0.4) is 0 Å². The molecule has 1 saturated heterocycles. The Labute approximate surface area is 108 Å². The van der Waals surface area contributed by atoms with Crippen LogP contribution in [-0.2, 0) is 0 Å². The summed E-state index contributed by atoms with van der Waals surface area (Å²) in [5.41, 5.74) is 0.465. The first-order chi connectivity index (χ1) is 7.91. The second kappa shape index (κ2) is 4.44. The lowest BCUT2D eigenvalue weighted by atomic mass is 9.83. The van der Waals surface area contributed by atoms with Crippen molar-refractivity contribution >= 4 is 18.2 Å². The van der Waals surface area contributed by atoms with Crippen LogP contribution in [0.25, 0.3) is 0 Å². The Balaban J connectivity index is 2.22. The lowest BCUT2D eigenvalue weighted by molar-refractivity contribution is 0.277. The van der Waals surface area contributed by atoms with Crippen molar-refractivity contribution in [1.82, 2.24) is 14.8 Å². The Morgan fingerprint density at radius 2 is 1.88 bits per heavy atom. The molecular formula is C12H22N4S. The maximum atomic E-state index is 5.28. The minimum Gasteiger partial charge on any atom is -0.341 e. The van der Waals surface area contributed by atoms with Gasteiger partial charge in [-0.25, -0.2) is 5.10 Å².